The third-order valence-electron chi connectivity index (χ3n) is 4.84. The molecule has 2 N–H and O–H groups in total. The SMILES string of the molecule is CCNC(=NCC(OC)C(C)(C)C)NCC1CCCOC1C(C)(C)C.I. The summed E-state index contributed by atoms with van der Waals surface area (Å²) in [5.74, 6) is 1.38. The van der Waals surface area contributed by atoms with Crippen LogP contribution in [0.2, 0.25) is 0 Å². The van der Waals surface area contributed by atoms with Crippen LogP contribution in [0.15, 0.2) is 4.99 Å². The van der Waals surface area contributed by atoms with Gasteiger partial charge >= 0.3 is 0 Å². The number of nitrogens with zero attached hydrogens (tertiary/aromatic N) is 1. The highest BCUT2D eigenvalue weighted by Gasteiger charge is 2.35. The third kappa shape index (κ3) is 8.74. The molecule has 1 aliphatic rings. The van der Waals surface area contributed by atoms with Crippen LogP contribution in [0.1, 0.15) is 61.3 Å². The van der Waals surface area contributed by atoms with Gasteiger partial charge in [0.05, 0.1) is 18.8 Å². The highest BCUT2D eigenvalue weighted by atomic mass is 127. The van der Waals surface area contributed by atoms with Gasteiger partial charge < -0.3 is 20.1 Å². The third-order valence-corrected chi connectivity index (χ3v) is 4.84. The zero-order valence-electron chi connectivity index (χ0n) is 18.1. The first-order valence-electron chi connectivity index (χ1n) is 9.76. The summed E-state index contributed by atoms with van der Waals surface area (Å²) in [6.07, 6.45) is 2.74. The largest absolute Gasteiger partial charge is 0.379 e. The number of hydrogen-bond donors (Lipinski definition) is 2. The lowest BCUT2D eigenvalue weighted by Crippen LogP contribution is -2.47. The van der Waals surface area contributed by atoms with Gasteiger partial charge in [-0.05, 0) is 30.6 Å². The molecule has 0 saturated carbocycles. The van der Waals surface area contributed by atoms with Crippen LogP contribution in [0.5, 0.6) is 0 Å². The second kappa shape index (κ2) is 11.7. The molecule has 1 aliphatic heterocycles. The lowest BCUT2D eigenvalue weighted by atomic mass is 9.78. The molecule has 1 rings (SSSR count). The molecule has 0 spiro atoms. The van der Waals surface area contributed by atoms with E-state index in [1.54, 1.807) is 7.11 Å². The number of aliphatic imine (C=N–C) groups is 1. The number of methoxy groups -OCH3 is 1. The van der Waals surface area contributed by atoms with Gasteiger partial charge in [-0.3, -0.25) is 4.99 Å². The molecule has 0 radical (unpaired) electrons. The molecular weight excluding hydrogens is 441 g/mol. The summed E-state index contributed by atoms with van der Waals surface area (Å²) in [5, 5.41) is 6.88. The molecule has 0 aromatic carbocycles. The second-order valence-corrected chi connectivity index (χ2v) is 9.25. The summed E-state index contributed by atoms with van der Waals surface area (Å²) < 4.78 is 11.7. The van der Waals surface area contributed by atoms with Crippen molar-refractivity contribution in [3.8, 4) is 0 Å². The van der Waals surface area contributed by atoms with Gasteiger partial charge in [0.1, 0.15) is 0 Å². The fourth-order valence-electron chi connectivity index (χ4n) is 3.46. The molecule has 26 heavy (non-hydrogen) atoms. The molecule has 5 nitrogen and oxygen atoms in total. The molecule has 0 bridgehead atoms. The van der Waals surface area contributed by atoms with E-state index in [2.05, 4.69) is 59.1 Å². The van der Waals surface area contributed by atoms with Crippen molar-refractivity contribution in [3.05, 3.63) is 0 Å². The highest BCUT2D eigenvalue weighted by Crippen LogP contribution is 2.33. The summed E-state index contributed by atoms with van der Waals surface area (Å²) >= 11 is 0. The number of nitrogens with one attached hydrogen (secondary N) is 2. The predicted octanol–water partition coefficient (Wildman–Crippen LogP) is 4.06. The monoisotopic (exact) mass is 483 g/mol. The number of ether oxygens (including phenoxy) is 2. The molecule has 1 saturated heterocycles. The molecule has 3 atom stereocenters. The van der Waals surface area contributed by atoms with Gasteiger partial charge in [0.25, 0.3) is 0 Å². The fraction of sp³-hybridized carbons (Fsp3) is 0.950. The van der Waals surface area contributed by atoms with Crippen molar-refractivity contribution in [2.45, 2.75) is 73.5 Å². The number of halogens is 1. The Morgan fingerprint density at radius 1 is 1.19 bits per heavy atom. The zero-order valence-corrected chi connectivity index (χ0v) is 20.5. The molecule has 0 aromatic heterocycles. The van der Waals surface area contributed by atoms with Crippen LogP contribution < -0.4 is 10.6 Å². The van der Waals surface area contributed by atoms with Crippen LogP contribution in [0.3, 0.4) is 0 Å². The van der Waals surface area contributed by atoms with Crippen molar-refractivity contribution >= 4 is 29.9 Å². The van der Waals surface area contributed by atoms with Gasteiger partial charge in [-0.1, -0.05) is 41.5 Å². The smallest absolute Gasteiger partial charge is 0.191 e. The minimum Gasteiger partial charge on any atom is -0.379 e. The van der Waals surface area contributed by atoms with Crippen molar-refractivity contribution in [1.29, 1.82) is 0 Å². The van der Waals surface area contributed by atoms with E-state index in [0.717, 1.165) is 32.1 Å². The topological polar surface area (TPSA) is 54.9 Å². The average Bonchev–Trinajstić information content (AvgIpc) is 2.51. The first-order chi connectivity index (χ1) is 11.6. The molecule has 156 valence electrons. The quantitative estimate of drug-likeness (QED) is 0.340. The fourth-order valence-corrected chi connectivity index (χ4v) is 3.46. The maximum absolute atomic E-state index is 6.09. The van der Waals surface area contributed by atoms with Crippen molar-refractivity contribution in [3.63, 3.8) is 0 Å². The van der Waals surface area contributed by atoms with E-state index < -0.39 is 0 Å². The van der Waals surface area contributed by atoms with E-state index in [1.807, 2.05) is 0 Å². The average molecular weight is 483 g/mol. The van der Waals surface area contributed by atoms with Gasteiger partial charge in [-0.2, -0.15) is 0 Å². The van der Waals surface area contributed by atoms with Crippen molar-refractivity contribution < 1.29 is 9.47 Å². The summed E-state index contributed by atoms with van der Waals surface area (Å²) in [6.45, 7) is 18.7. The van der Waals surface area contributed by atoms with Gasteiger partial charge in [0.2, 0.25) is 0 Å². The van der Waals surface area contributed by atoms with E-state index in [9.17, 15) is 0 Å². The first-order valence-corrected chi connectivity index (χ1v) is 9.76. The Balaban J connectivity index is 0.00000625. The lowest BCUT2D eigenvalue weighted by Gasteiger charge is -2.40. The molecule has 0 aromatic rings. The predicted molar refractivity (Wildman–Crippen MR) is 122 cm³/mol. The Labute approximate surface area is 178 Å². The van der Waals surface area contributed by atoms with Crippen molar-refractivity contribution in [1.82, 2.24) is 10.6 Å². The molecule has 0 amide bonds. The number of guanidine groups is 1. The second-order valence-electron chi connectivity index (χ2n) is 9.25. The summed E-state index contributed by atoms with van der Waals surface area (Å²) in [7, 11) is 1.76. The van der Waals surface area contributed by atoms with E-state index in [0.29, 0.717) is 12.5 Å². The van der Waals surface area contributed by atoms with Crippen molar-refractivity contribution in [2.75, 3.05) is 33.4 Å². The van der Waals surface area contributed by atoms with E-state index in [4.69, 9.17) is 14.5 Å². The van der Waals surface area contributed by atoms with Crippen LogP contribution >= 0.6 is 24.0 Å². The molecule has 1 fully saturated rings. The molecule has 1 heterocycles. The molecular formula is C20H42IN3O2. The maximum Gasteiger partial charge on any atom is 0.191 e. The minimum absolute atomic E-state index is 0. The Morgan fingerprint density at radius 2 is 1.85 bits per heavy atom. The van der Waals surface area contributed by atoms with Gasteiger partial charge in [0, 0.05) is 32.7 Å². The van der Waals surface area contributed by atoms with E-state index >= 15 is 0 Å². The Hall–Kier alpha value is -0.0800. The van der Waals surface area contributed by atoms with E-state index in [-0.39, 0.29) is 47.0 Å². The molecule has 3 unspecified atom stereocenters. The number of hydrogen-bond acceptors (Lipinski definition) is 3. The Bertz CT molecular complexity index is 416. The van der Waals surface area contributed by atoms with Crippen LogP contribution in [-0.4, -0.2) is 51.5 Å². The summed E-state index contributed by atoms with van der Waals surface area (Å²) in [4.78, 5) is 4.75. The highest BCUT2D eigenvalue weighted by molar-refractivity contribution is 14.0. The normalized spacial score (nSPS) is 23.2. The molecule has 0 aliphatic carbocycles. The zero-order chi connectivity index (χ0) is 19.1. The van der Waals surface area contributed by atoms with Crippen LogP contribution in [0.4, 0.5) is 0 Å². The lowest BCUT2D eigenvalue weighted by molar-refractivity contribution is -0.0835. The maximum atomic E-state index is 6.09. The summed E-state index contributed by atoms with van der Waals surface area (Å²) in [5.41, 5.74) is 0.236. The first kappa shape index (κ1) is 25.9. The Morgan fingerprint density at radius 3 is 2.35 bits per heavy atom. The molecule has 6 heteroatoms. The van der Waals surface area contributed by atoms with Crippen LogP contribution in [-0.2, 0) is 9.47 Å². The van der Waals surface area contributed by atoms with Crippen molar-refractivity contribution in [2.24, 2.45) is 21.7 Å². The van der Waals surface area contributed by atoms with E-state index in [1.165, 1.54) is 6.42 Å². The van der Waals surface area contributed by atoms with Gasteiger partial charge in [-0.25, -0.2) is 0 Å². The van der Waals surface area contributed by atoms with Gasteiger partial charge in [-0.15, -0.1) is 24.0 Å². The standard InChI is InChI=1S/C20H41N3O2.HI/c1-9-21-18(23-14-16(24-8)19(2,3)4)22-13-15-11-10-12-25-17(15)20(5,6)7;/h15-17H,9-14H2,1-8H3,(H2,21,22,23);1H. The van der Waals surface area contributed by atoms with Gasteiger partial charge in [0.15, 0.2) is 5.96 Å². The summed E-state index contributed by atoms with van der Waals surface area (Å²) in [6, 6.07) is 0. The Kier molecular flexibility index (Phi) is 11.7. The van der Waals surface area contributed by atoms with Crippen LogP contribution in [0, 0.1) is 16.7 Å². The number of rotatable bonds is 6. The minimum atomic E-state index is 0. The van der Waals surface area contributed by atoms with Crippen LogP contribution in [0.25, 0.3) is 0 Å².